The van der Waals surface area contributed by atoms with Gasteiger partial charge >= 0.3 is 0 Å². The average Bonchev–Trinajstić information content (AvgIpc) is 2.77. The number of benzene rings is 3. The van der Waals surface area contributed by atoms with Crippen molar-refractivity contribution in [1.82, 2.24) is 5.32 Å². The van der Waals surface area contributed by atoms with Gasteiger partial charge in [-0.1, -0.05) is 72.9 Å². The van der Waals surface area contributed by atoms with E-state index in [-0.39, 0.29) is 12.4 Å². The number of hydrogen-bond donors (Lipinski definition) is 1. The summed E-state index contributed by atoms with van der Waals surface area (Å²) in [6, 6.07) is 20.3. The lowest BCUT2D eigenvalue weighted by molar-refractivity contribution is 0.282. The second-order valence-corrected chi connectivity index (χ2v) is 8.96. The first-order chi connectivity index (χ1) is 15.0. The van der Waals surface area contributed by atoms with E-state index in [1.54, 1.807) is 19.2 Å². The molecule has 0 heterocycles. The van der Waals surface area contributed by atoms with Crippen LogP contribution in [0.3, 0.4) is 0 Å². The van der Waals surface area contributed by atoms with Gasteiger partial charge in [0.05, 0.1) is 11.6 Å². The molecule has 1 unspecified atom stereocenters. The van der Waals surface area contributed by atoms with Crippen molar-refractivity contribution < 1.29 is 9.47 Å². The number of ether oxygens (including phenoxy) is 2. The molecule has 3 aromatic rings. The molecule has 7 heteroatoms. The molecule has 0 spiro atoms. The Kier molecular flexibility index (Phi) is 11.2. The minimum Gasteiger partial charge on any atom is -0.493 e. The molecule has 0 aliphatic rings. The van der Waals surface area contributed by atoms with E-state index in [9.17, 15) is 0 Å². The smallest absolute Gasteiger partial charge is 0.175 e. The average molecular weight is 560 g/mol. The summed E-state index contributed by atoms with van der Waals surface area (Å²) in [5.74, 6) is 1.31. The van der Waals surface area contributed by atoms with Gasteiger partial charge in [-0.25, -0.2) is 0 Å². The van der Waals surface area contributed by atoms with Crippen molar-refractivity contribution in [3.05, 3.63) is 91.9 Å². The highest BCUT2D eigenvalue weighted by molar-refractivity contribution is 9.10. The molecule has 172 valence electrons. The number of methoxy groups -OCH3 is 1. The Morgan fingerprint density at radius 2 is 1.78 bits per heavy atom. The highest BCUT2D eigenvalue weighted by atomic mass is 79.9. The molecule has 0 bridgehead atoms. The molecule has 3 rings (SSSR count). The van der Waals surface area contributed by atoms with Crippen molar-refractivity contribution in [3.63, 3.8) is 0 Å². The monoisotopic (exact) mass is 557 g/mol. The summed E-state index contributed by atoms with van der Waals surface area (Å²) in [5, 5.41) is 4.85. The van der Waals surface area contributed by atoms with Crippen LogP contribution in [0.4, 0.5) is 0 Å². The molecule has 32 heavy (non-hydrogen) atoms. The maximum absolute atomic E-state index is 6.27. The molecule has 0 aliphatic carbocycles. The zero-order valence-corrected chi connectivity index (χ0v) is 22.0. The third-order valence-corrected chi connectivity index (χ3v) is 6.18. The molecule has 0 saturated carbocycles. The Morgan fingerprint density at radius 3 is 2.44 bits per heavy atom. The van der Waals surface area contributed by atoms with Gasteiger partial charge in [0.25, 0.3) is 0 Å². The molecule has 1 N–H and O–H groups in total. The summed E-state index contributed by atoms with van der Waals surface area (Å²) in [6.45, 7) is 3.24. The largest absolute Gasteiger partial charge is 0.493 e. The van der Waals surface area contributed by atoms with Gasteiger partial charge in [-0.3, -0.25) is 0 Å². The number of halogens is 4. The van der Waals surface area contributed by atoms with Gasteiger partial charge in [-0.2, -0.15) is 0 Å². The molecule has 0 aliphatic heterocycles. The van der Waals surface area contributed by atoms with Crippen LogP contribution in [0.25, 0.3) is 0 Å². The molecule has 0 fully saturated rings. The van der Waals surface area contributed by atoms with Gasteiger partial charge < -0.3 is 14.8 Å². The normalized spacial score (nSPS) is 11.5. The Morgan fingerprint density at radius 1 is 1.03 bits per heavy atom. The zero-order valence-electron chi connectivity index (χ0n) is 18.0. The van der Waals surface area contributed by atoms with Crippen molar-refractivity contribution in [2.45, 2.75) is 39.0 Å². The first-order valence-electron chi connectivity index (χ1n) is 10.2. The van der Waals surface area contributed by atoms with Gasteiger partial charge in [-0.15, -0.1) is 12.4 Å². The Hall–Kier alpha value is -1.43. The van der Waals surface area contributed by atoms with Gasteiger partial charge in [0.2, 0.25) is 0 Å². The van der Waals surface area contributed by atoms with E-state index >= 15 is 0 Å². The van der Waals surface area contributed by atoms with Crippen molar-refractivity contribution in [1.29, 1.82) is 0 Å². The van der Waals surface area contributed by atoms with Gasteiger partial charge in [-0.05, 0) is 57.7 Å². The van der Waals surface area contributed by atoms with Crippen LogP contribution < -0.4 is 14.8 Å². The van der Waals surface area contributed by atoms with E-state index in [1.165, 1.54) is 5.56 Å². The third-order valence-electron chi connectivity index (χ3n) is 5.01. The first kappa shape index (κ1) is 26.8. The predicted molar refractivity (Wildman–Crippen MR) is 140 cm³/mol. The van der Waals surface area contributed by atoms with Crippen LogP contribution in [0.5, 0.6) is 11.5 Å². The standard InChI is InChI=1S/C25H26BrCl2NO2.ClH/c1-3-7-23(18-8-5-4-6-9-18)29-15-17-12-21(26)25(24(13-17)30-2)31-16-19-10-11-20(27)14-22(19)28;/h4-6,8-14,23,29H,3,7,15-16H2,1-2H3;1H. The summed E-state index contributed by atoms with van der Waals surface area (Å²) in [5.41, 5.74) is 3.27. The van der Waals surface area contributed by atoms with E-state index < -0.39 is 0 Å². The van der Waals surface area contributed by atoms with Crippen LogP contribution in [0, 0.1) is 0 Å². The van der Waals surface area contributed by atoms with Gasteiger partial charge in [0.1, 0.15) is 6.61 Å². The van der Waals surface area contributed by atoms with Crippen molar-refractivity contribution in [2.24, 2.45) is 0 Å². The van der Waals surface area contributed by atoms with Crippen molar-refractivity contribution in [3.8, 4) is 11.5 Å². The second kappa shape index (κ2) is 13.3. The molecular weight excluding hydrogens is 533 g/mol. The van der Waals surface area contributed by atoms with E-state index in [0.29, 0.717) is 34.2 Å². The third kappa shape index (κ3) is 7.29. The van der Waals surface area contributed by atoms with Crippen LogP contribution in [0.15, 0.2) is 65.1 Å². The fourth-order valence-corrected chi connectivity index (χ4v) is 4.47. The predicted octanol–water partition coefficient (Wildman–Crippen LogP) is 8.40. The number of rotatable bonds is 10. The highest BCUT2D eigenvalue weighted by Gasteiger charge is 2.15. The second-order valence-electron chi connectivity index (χ2n) is 7.27. The Balaban J connectivity index is 0.00000363. The van der Waals surface area contributed by atoms with Gasteiger partial charge in [0, 0.05) is 28.2 Å². The first-order valence-corrected chi connectivity index (χ1v) is 11.8. The van der Waals surface area contributed by atoms with Crippen LogP contribution in [0.1, 0.15) is 42.5 Å². The molecule has 0 saturated heterocycles. The number of hydrogen-bond acceptors (Lipinski definition) is 3. The summed E-state index contributed by atoms with van der Waals surface area (Å²) < 4.78 is 12.5. The lowest BCUT2D eigenvalue weighted by Crippen LogP contribution is -2.20. The topological polar surface area (TPSA) is 30.5 Å². The Labute approximate surface area is 215 Å². The van der Waals surface area contributed by atoms with E-state index in [2.05, 4.69) is 58.5 Å². The maximum Gasteiger partial charge on any atom is 0.175 e. The van der Waals surface area contributed by atoms with E-state index in [1.807, 2.05) is 18.2 Å². The minimum absolute atomic E-state index is 0. The summed E-state index contributed by atoms with van der Waals surface area (Å²) in [7, 11) is 1.64. The maximum atomic E-state index is 6.27. The summed E-state index contributed by atoms with van der Waals surface area (Å²) in [4.78, 5) is 0. The fraction of sp³-hybridized carbons (Fsp3) is 0.280. The quantitative estimate of drug-likeness (QED) is 0.271. The van der Waals surface area contributed by atoms with Crippen molar-refractivity contribution >= 4 is 51.5 Å². The van der Waals surface area contributed by atoms with Crippen LogP contribution in [-0.4, -0.2) is 7.11 Å². The molecule has 3 aromatic carbocycles. The summed E-state index contributed by atoms with van der Waals surface area (Å²) >= 11 is 15.9. The molecule has 1 atom stereocenters. The van der Waals surface area contributed by atoms with Crippen LogP contribution >= 0.6 is 51.5 Å². The lowest BCUT2D eigenvalue weighted by atomic mass is 10.0. The van der Waals surface area contributed by atoms with E-state index in [0.717, 1.165) is 35.0 Å². The highest BCUT2D eigenvalue weighted by Crippen LogP contribution is 2.38. The minimum atomic E-state index is 0. The van der Waals surface area contributed by atoms with Crippen molar-refractivity contribution in [2.75, 3.05) is 7.11 Å². The molecule has 3 nitrogen and oxygen atoms in total. The SMILES string of the molecule is CCCC(NCc1cc(Br)c(OCc2ccc(Cl)cc2Cl)c(OC)c1)c1ccccc1.Cl. The van der Waals surface area contributed by atoms with Crippen LogP contribution in [0.2, 0.25) is 10.0 Å². The summed E-state index contributed by atoms with van der Waals surface area (Å²) in [6.07, 6.45) is 2.19. The van der Waals surface area contributed by atoms with Gasteiger partial charge in [0.15, 0.2) is 11.5 Å². The molecule has 0 radical (unpaired) electrons. The lowest BCUT2D eigenvalue weighted by Gasteiger charge is -2.20. The van der Waals surface area contributed by atoms with E-state index in [4.69, 9.17) is 32.7 Å². The zero-order chi connectivity index (χ0) is 22.2. The fourth-order valence-electron chi connectivity index (χ4n) is 3.41. The molecular formula is C25H27BrCl3NO2. The molecule has 0 aromatic heterocycles. The van der Waals surface area contributed by atoms with Crippen LogP contribution in [-0.2, 0) is 13.2 Å². The Bertz CT molecular complexity index is 1000. The molecule has 0 amide bonds. The number of nitrogens with one attached hydrogen (secondary N) is 1.